The summed E-state index contributed by atoms with van der Waals surface area (Å²) in [6, 6.07) is 15.0. The highest BCUT2D eigenvalue weighted by atomic mass is 16.4. The van der Waals surface area contributed by atoms with Crippen molar-refractivity contribution in [2.45, 2.75) is 6.92 Å². The Labute approximate surface area is 121 Å². The third-order valence-corrected chi connectivity index (χ3v) is 3.45. The van der Waals surface area contributed by atoms with E-state index in [0.717, 1.165) is 16.6 Å². The molecule has 0 unspecified atom stereocenters. The van der Waals surface area contributed by atoms with E-state index in [1.807, 2.05) is 49.4 Å². The lowest BCUT2D eigenvalue weighted by Crippen LogP contribution is -2.15. The molecule has 1 aromatic carbocycles. The first-order chi connectivity index (χ1) is 10.1. The fraction of sp³-hybridized carbons (Fsp3) is 0.0588. The van der Waals surface area contributed by atoms with Crippen LogP contribution in [0.5, 0.6) is 0 Å². The standard InChI is InChI=1S/C17H13NO3/c1-11-5-7-12(8-6-11)14-10-13-4-2-3-9-18(13)15(14)16(19)17(20)21/h2-10H,1H3,(H,20,21). The van der Waals surface area contributed by atoms with E-state index in [1.54, 1.807) is 16.7 Å². The van der Waals surface area contributed by atoms with Crippen LogP contribution in [0, 0.1) is 6.92 Å². The van der Waals surface area contributed by atoms with Gasteiger partial charge in [0.25, 0.3) is 5.78 Å². The number of carboxylic acid groups (broad SMARTS) is 1. The molecule has 3 aromatic rings. The van der Waals surface area contributed by atoms with E-state index in [1.165, 1.54) is 0 Å². The van der Waals surface area contributed by atoms with Gasteiger partial charge in [-0.2, -0.15) is 0 Å². The zero-order valence-electron chi connectivity index (χ0n) is 11.4. The number of rotatable bonds is 3. The first kappa shape index (κ1) is 13.1. The minimum Gasteiger partial charge on any atom is -0.475 e. The largest absolute Gasteiger partial charge is 0.475 e. The SMILES string of the molecule is Cc1ccc(-c2cc3ccccn3c2C(=O)C(=O)O)cc1. The van der Waals surface area contributed by atoms with Gasteiger partial charge in [-0.1, -0.05) is 35.9 Å². The molecule has 4 nitrogen and oxygen atoms in total. The number of benzene rings is 1. The number of fused-ring (bicyclic) bond motifs is 1. The molecule has 0 aliphatic heterocycles. The van der Waals surface area contributed by atoms with Crippen molar-refractivity contribution in [3.8, 4) is 11.1 Å². The number of carbonyl (C=O) groups excluding carboxylic acids is 1. The molecule has 0 saturated heterocycles. The molecule has 2 aromatic heterocycles. The van der Waals surface area contributed by atoms with Gasteiger partial charge >= 0.3 is 5.97 Å². The summed E-state index contributed by atoms with van der Waals surface area (Å²) in [5.74, 6) is -2.36. The van der Waals surface area contributed by atoms with Crippen LogP contribution < -0.4 is 0 Å². The van der Waals surface area contributed by atoms with Gasteiger partial charge in [0.15, 0.2) is 0 Å². The number of carbonyl (C=O) groups is 2. The Bertz CT molecular complexity index is 844. The highest BCUT2D eigenvalue weighted by Gasteiger charge is 2.23. The first-order valence-electron chi connectivity index (χ1n) is 6.52. The maximum atomic E-state index is 12.1. The molecule has 0 radical (unpaired) electrons. The average molecular weight is 279 g/mol. The molecule has 0 atom stereocenters. The number of hydrogen-bond acceptors (Lipinski definition) is 2. The molecule has 0 saturated carbocycles. The Morgan fingerprint density at radius 3 is 2.43 bits per heavy atom. The van der Waals surface area contributed by atoms with E-state index >= 15 is 0 Å². The van der Waals surface area contributed by atoms with E-state index in [-0.39, 0.29) is 5.69 Å². The Balaban J connectivity index is 2.31. The molecule has 21 heavy (non-hydrogen) atoms. The van der Waals surface area contributed by atoms with Crippen molar-refractivity contribution in [2.75, 3.05) is 0 Å². The van der Waals surface area contributed by atoms with Gasteiger partial charge in [0.1, 0.15) is 5.69 Å². The van der Waals surface area contributed by atoms with Crippen molar-refractivity contribution in [3.05, 3.63) is 66.0 Å². The second-order valence-corrected chi connectivity index (χ2v) is 4.90. The molecular weight excluding hydrogens is 266 g/mol. The Kier molecular flexibility index (Phi) is 3.06. The molecule has 2 heterocycles. The van der Waals surface area contributed by atoms with Crippen LogP contribution in [-0.4, -0.2) is 21.3 Å². The fourth-order valence-corrected chi connectivity index (χ4v) is 2.41. The third kappa shape index (κ3) is 2.21. The smallest absolute Gasteiger partial charge is 0.378 e. The summed E-state index contributed by atoms with van der Waals surface area (Å²) in [7, 11) is 0. The summed E-state index contributed by atoms with van der Waals surface area (Å²) in [4.78, 5) is 23.2. The topological polar surface area (TPSA) is 58.8 Å². The highest BCUT2D eigenvalue weighted by Crippen LogP contribution is 2.28. The molecule has 0 aliphatic carbocycles. The fourth-order valence-electron chi connectivity index (χ4n) is 2.41. The van der Waals surface area contributed by atoms with Crippen molar-refractivity contribution < 1.29 is 14.7 Å². The monoisotopic (exact) mass is 279 g/mol. The van der Waals surface area contributed by atoms with Crippen molar-refractivity contribution in [1.29, 1.82) is 0 Å². The van der Waals surface area contributed by atoms with Crippen LogP contribution in [0.1, 0.15) is 16.1 Å². The van der Waals surface area contributed by atoms with Crippen molar-refractivity contribution in [2.24, 2.45) is 0 Å². The van der Waals surface area contributed by atoms with Gasteiger partial charge < -0.3 is 9.51 Å². The minimum atomic E-state index is -1.45. The predicted octanol–water partition coefficient (Wildman–Crippen LogP) is 3.18. The van der Waals surface area contributed by atoms with Gasteiger partial charge in [-0.15, -0.1) is 0 Å². The van der Waals surface area contributed by atoms with E-state index < -0.39 is 11.8 Å². The molecule has 0 fully saturated rings. The van der Waals surface area contributed by atoms with Crippen LogP contribution in [0.3, 0.4) is 0 Å². The number of pyridine rings is 1. The molecule has 0 bridgehead atoms. The number of Topliss-reactive ketones (excluding diaryl/α,β-unsaturated/α-hetero) is 1. The number of hydrogen-bond donors (Lipinski definition) is 1. The Morgan fingerprint density at radius 2 is 1.76 bits per heavy atom. The molecule has 1 N–H and O–H groups in total. The summed E-state index contributed by atoms with van der Waals surface area (Å²) < 4.78 is 1.62. The van der Waals surface area contributed by atoms with Gasteiger partial charge in [-0.05, 0) is 30.7 Å². The molecule has 104 valence electrons. The summed E-state index contributed by atoms with van der Waals surface area (Å²) in [5, 5.41) is 9.07. The minimum absolute atomic E-state index is 0.182. The number of nitrogens with zero attached hydrogens (tertiary/aromatic N) is 1. The number of aryl methyl sites for hydroxylation is 1. The Hall–Kier alpha value is -2.88. The van der Waals surface area contributed by atoms with Gasteiger partial charge in [0.2, 0.25) is 0 Å². The van der Waals surface area contributed by atoms with Gasteiger partial charge in [-0.3, -0.25) is 4.79 Å². The quantitative estimate of drug-likeness (QED) is 0.591. The second kappa shape index (κ2) is 4.90. The van der Waals surface area contributed by atoms with Crippen LogP contribution in [0.25, 0.3) is 16.6 Å². The molecule has 0 spiro atoms. The van der Waals surface area contributed by atoms with E-state index in [2.05, 4.69) is 0 Å². The summed E-state index contributed by atoms with van der Waals surface area (Å²) >= 11 is 0. The lowest BCUT2D eigenvalue weighted by atomic mass is 10.0. The van der Waals surface area contributed by atoms with Gasteiger partial charge in [0.05, 0.1) is 0 Å². The van der Waals surface area contributed by atoms with Crippen molar-refractivity contribution in [1.82, 2.24) is 4.40 Å². The summed E-state index contributed by atoms with van der Waals surface area (Å²) in [6.07, 6.45) is 1.70. The van der Waals surface area contributed by atoms with Crippen molar-refractivity contribution >= 4 is 17.3 Å². The van der Waals surface area contributed by atoms with Crippen LogP contribution in [0.15, 0.2) is 54.7 Å². The van der Waals surface area contributed by atoms with E-state index in [0.29, 0.717) is 5.56 Å². The lowest BCUT2D eigenvalue weighted by molar-refractivity contribution is -0.131. The van der Waals surface area contributed by atoms with Crippen LogP contribution in [0.2, 0.25) is 0 Å². The maximum absolute atomic E-state index is 12.1. The lowest BCUT2D eigenvalue weighted by Gasteiger charge is -2.04. The Morgan fingerprint density at radius 1 is 1.05 bits per heavy atom. The van der Waals surface area contributed by atoms with E-state index in [9.17, 15) is 9.59 Å². The normalized spacial score (nSPS) is 10.7. The number of carboxylic acids is 1. The molecule has 3 rings (SSSR count). The molecular formula is C17H13NO3. The zero-order valence-corrected chi connectivity index (χ0v) is 11.4. The maximum Gasteiger partial charge on any atom is 0.378 e. The van der Waals surface area contributed by atoms with Crippen LogP contribution >= 0.6 is 0 Å². The average Bonchev–Trinajstić information content (AvgIpc) is 2.86. The van der Waals surface area contributed by atoms with Gasteiger partial charge in [0, 0.05) is 17.3 Å². The van der Waals surface area contributed by atoms with Crippen molar-refractivity contribution in [3.63, 3.8) is 0 Å². The molecule has 0 aliphatic rings. The number of aliphatic carboxylic acids is 1. The number of ketones is 1. The summed E-state index contributed by atoms with van der Waals surface area (Å²) in [5.41, 5.74) is 3.54. The van der Waals surface area contributed by atoms with Crippen LogP contribution in [-0.2, 0) is 4.79 Å². The third-order valence-electron chi connectivity index (χ3n) is 3.45. The second-order valence-electron chi connectivity index (χ2n) is 4.90. The highest BCUT2D eigenvalue weighted by molar-refractivity contribution is 6.40. The van der Waals surface area contributed by atoms with Crippen LogP contribution in [0.4, 0.5) is 0 Å². The van der Waals surface area contributed by atoms with E-state index in [4.69, 9.17) is 5.11 Å². The zero-order chi connectivity index (χ0) is 15.0. The molecule has 4 heteroatoms. The number of aromatic nitrogens is 1. The first-order valence-corrected chi connectivity index (χ1v) is 6.52. The van der Waals surface area contributed by atoms with Gasteiger partial charge in [-0.25, -0.2) is 4.79 Å². The summed E-state index contributed by atoms with van der Waals surface area (Å²) in [6.45, 7) is 1.98. The molecule has 0 amide bonds. The predicted molar refractivity (Wildman–Crippen MR) is 79.5 cm³/mol.